The maximum atomic E-state index is 11.6. The summed E-state index contributed by atoms with van der Waals surface area (Å²) in [5.74, 6) is 0.659. The van der Waals surface area contributed by atoms with E-state index in [0.29, 0.717) is 5.92 Å². The number of allylic oxidation sites excluding steroid dienone is 2. The Morgan fingerprint density at radius 3 is 2.86 bits per heavy atom. The van der Waals surface area contributed by atoms with Gasteiger partial charge in [0.15, 0.2) is 0 Å². The van der Waals surface area contributed by atoms with Crippen LogP contribution in [0.3, 0.4) is 0 Å². The number of hydrogen-bond donors (Lipinski definition) is 2. The monoisotopic (exact) mass is 332 g/mol. The fourth-order valence-electron chi connectivity index (χ4n) is 3.50. The minimum atomic E-state index is -3.67. The van der Waals surface area contributed by atoms with Gasteiger partial charge < -0.3 is 5.32 Å². The van der Waals surface area contributed by atoms with Crippen LogP contribution in [0, 0.1) is 5.92 Å². The van der Waals surface area contributed by atoms with Crippen LogP contribution < -0.4 is 10.5 Å². The van der Waals surface area contributed by atoms with E-state index in [2.05, 4.69) is 35.0 Å². The maximum Gasteiger partial charge on any atom is 0.238 e. The highest BCUT2D eigenvalue weighted by Gasteiger charge is 2.38. The number of nitrogens with one attached hydrogen (secondary N) is 1. The van der Waals surface area contributed by atoms with Crippen molar-refractivity contribution in [2.24, 2.45) is 11.1 Å². The number of anilines is 1. The summed E-state index contributed by atoms with van der Waals surface area (Å²) in [6, 6.07) is 9.62. The van der Waals surface area contributed by atoms with Crippen molar-refractivity contribution < 1.29 is 8.42 Å². The molecular formula is C16H16N2O2S2. The number of thiophene rings is 1. The number of primary sulfonamides is 1. The molecule has 4 nitrogen and oxygen atoms in total. The van der Waals surface area contributed by atoms with Crippen molar-refractivity contribution in [1.29, 1.82) is 0 Å². The van der Waals surface area contributed by atoms with Crippen LogP contribution in [0.5, 0.6) is 0 Å². The molecule has 2 heterocycles. The zero-order valence-electron chi connectivity index (χ0n) is 11.8. The molecule has 2 aromatic rings. The van der Waals surface area contributed by atoms with Crippen LogP contribution in [-0.4, -0.2) is 8.42 Å². The van der Waals surface area contributed by atoms with Crippen LogP contribution in [-0.2, 0) is 10.0 Å². The Morgan fingerprint density at radius 2 is 2.14 bits per heavy atom. The molecule has 6 heteroatoms. The first-order valence-electron chi connectivity index (χ1n) is 7.17. The van der Waals surface area contributed by atoms with Crippen LogP contribution in [0.15, 0.2) is 52.8 Å². The summed E-state index contributed by atoms with van der Waals surface area (Å²) in [5, 5.41) is 10.9. The quantitative estimate of drug-likeness (QED) is 0.829. The molecule has 0 amide bonds. The van der Waals surface area contributed by atoms with Crippen LogP contribution >= 0.6 is 11.3 Å². The number of nitrogens with two attached hydrogens (primary N) is 1. The van der Waals surface area contributed by atoms with Gasteiger partial charge in [-0.15, -0.1) is 11.3 Å². The van der Waals surface area contributed by atoms with Crippen molar-refractivity contribution >= 4 is 27.0 Å². The van der Waals surface area contributed by atoms with Crippen molar-refractivity contribution in [3.8, 4) is 0 Å². The number of rotatable bonds is 2. The SMILES string of the molecule is NS(=O)(=O)c1ccc2c(c1)C1C=CCC1C(c1cccs1)N2. The molecule has 1 aliphatic heterocycles. The third kappa shape index (κ3) is 2.18. The molecule has 0 bridgehead atoms. The van der Waals surface area contributed by atoms with E-state index in [-0.39, 0.29) is 16.9 Å². The zero-order valence-corrected chi connectivity index (χ0v) is 13.4. The smallest absolute Gasteiger partial charge is 0.238 e. The van der Waals surface area contributed by atoms with Crippen molar-refractivity contribution in [2.75, 3.05) is 5.32 Å². The van der Waals surface area contributed by atoms with Gasteiger partial charge in [-0.2, -0.15) is 0 Å². The third-order valence-electron chi connectivity index (χ3n) is 4.51. The summed E-state index contributed by atoms with van der Waals surface area (Å²) >= 11 is 1.75. The fraction of sp³-hybridized carbons (Fsp3) is 0.250. The molecule has 3 N–H and O–H groups in total. The second-order valence-corrected chi connectivity index (χ2v) is 8.33. The highest BCUT2D eigenvalue weighted by atomic mass is 32.2. The van der Waals surface area contributed by atoms with E-state index in [1.807, 2.05) is 6.07 Å². The largest absolute Gasteiger partial charge is 0.377 e. The van der Waals surface area contributed by atoms with E-state index in [4.69, 9.17) is 5.14 Å². The second kappa shape index (κ2) is 4.94. The summed E-state index contributed by atoms with van der Waals surface area (Å²) in [6.45, 7) is 0. The molecule has 1 aliphatic carbocycles. The first-order valence-corrected chi connectivity index (χ1v) is 9.60. The lowest BCUT2D eigenvalue weighted by molar-refractivity contribution is 0.429. The number of benzene rings is 1. The van der Waals surface area contributed by atoms with E-state index in [1.54, 1.807) is 23.5 Å². The Hall–Kier alpha value is -1.63. The molecule has 2 aliphatic rings. The average Bonchev–Trinajstić information content (AvgIpc) is 3.16. The van der Waals surface area contributed by atoms with E-state index in [9.17, 15) is 8.42 Å². The molecule has 0 saturated carbocycles. The predicted molar refractivity (Wildman–Crippen MR) is 88.5 cm³/mol. The number of sulfonamides is 1. The lowest BCUT2D eigenvalue weighted by Gasteiger charge is -2.37. The first kappa shape index (κ1) is 14.0. The van der Waals surface area contributed by atoms with Gasteiger partial charge in [0.25, 0.3) is 0 Å². The van der Waals surface area contributed by atoms with Gasteiger partial charge in [0.2, 0.25) is 10.0 Å². The first-order chi connectivity index (χ1) is 10.5. The maximum absolute atomic E-state index is 11.6. The molecule has 0 spiro atoms. The minimum Gasteiger partial charge on any atom is -0.377 e. The molecule has 3 atom stereocenters. The van der Waals surface area contributed by atoms with Gasteiger partial charge in [-0.1, -0.05) is 18.2 Å². The molecule has 0 fully saturated rings. The Labute approximate surface area is 133 Å². The predicted octanol–water partition coefficient (Wildman–Crippen LogP) is 3.22. The Morgan fingerprint density at radius 1 is 1.27 bits per heavy atom. The molecule has 3 unspecified atom stereocenters. The molecule has 114 valence electrons. The van der Waals surface area contributed by atoms with Crippen molar-refractivity contribution in [2.45, 2.75) is 23.3 Å². The summed E-state index contributed by atoms with van der Waals surface area (Å²) in [6.07, 6.45) is 5.38. The standard InChI is InChI=1S/C16H16N2O2S2/c17-22(19,20)10-6-7-14-13(9-10)11-3-1-4-12(11)16(18-14)15-5-2-8-21-15/h1-3,5-9,11-12,16,18H,4H2,(H2,17,19,20). The zero-order chi connectivity index (χ0) is 15.3. The van der Waals surface area contributed by atoms with E-state index in [1.165, 1.54) is 4.88 Å². The Bertz CT molecular complexity index is 841. The molecule has 1 aromatic heterocycles. The van der Waals surface area contributed by atoms with Gasteiger partial charge in [-0.05, 0) is 47.5 Å². The van der Waals surface area contributed by atoms with Crippen molar-refractivity contribution in [3.63, 3.8) is 0 Å². The molecule has 0 radical (unpaired) electrons. The topological polar surface area (TPSA) is 72.2 Å². The van der Waals surface area contributed by atoms with Crippen LogP contribution in [0.25, 0.3) is 0 Å². The number of fused-ring (bicyclic) bond motifs is 3. The van der Waals surface area contributed by atoms with Gasteiger partial charge in [-0.3, -0.25) is 0 Å². The Balaban J connectivity index is 1.82. The summed E-state index contributed by atoms with van der Waals surface area (Å²) < 4.78 is 23.2. The molecule has 0 saturated heterocycles. The molecule has 22 heavy (non-hydrogen) atoms. The highest BCUT2D eigenvalue weighted by molar-refractivity contribution is 7.89. The molecular weight excluding hydrogens is 316 g/mol. The Kier molecular flexibility index (Phi) is 3.14. The van der Waals surface area contributed by atoms with Crippen LogP contribution in [0.1, 0.15) is 28.8 Å². The highest BCUT2D eigenvalue weighted by Crippen LogP contribution is 2.50. The summed E-state index contributed by atoms with van der Waals surface area (Å²) in [5.41, 5.74) is 2.02. The second-order valence-electron chi connectivity index (χ2n) is 5.78. The van der Waals surface area contributed by atoms with Gasteiger partial charge in [0.1, 0.15) is 0 Å². The third-order valence-corrected chi connectivity index (χ3v) is 6.38. The van der Waals surface area contributed by atoms with Crippen molar-refractivity contribution in [1.82, 2.24) is 0 Å². The van der Waals surface area contributed by atoms with Crippen LogP contribution in [0.4, 0.5) is 5.69 Å². The van der Waals surface area contributed by atoms with Gasteiger partial charge >= 0.3 is 0 Å². The van der Waals surface area contributed by atoms with E-state index < -0.39 is 10.0 Å². The van der Waals surface area contributed by atoms with Crippen LogP contribution in [0.2, 0.25) is 0 Å². The van der Waals surface area contributed by atoms with E-state index >= 15 is 0 Å². The summed E-state index contributed by atoms with van der Waals surface area (Å²) in [4.78, 5) is 1.50. The van der Waals surface area contributed by atoms with E-state index in [0.717, 1.165) is 17.7 Å². The van der Waals surface area contributed by atoms with Gasteiger partial charge in [0.05, 0.1) is 10.9 Å². The minimum absolute atomic E-state index is 0.182. The lowest BCUT2D eigenvalue weighted by Crippen LogP contribution is -2.28. The number of hydrogen-bond acceptors (Lipinski definition) is 4. The average molecular weight is 332 g/mol. The fourth-order valence-corrected chi connectivity index (χ4v) is 4.90. The van der Waals surface area contributed by atoms with Gasteiger partial charge in [-0.25, -0.2) is 13.6 Å². The summed E-state index contributed by atoms with van der Waals surface area (Å²) in [7, 11) is -3.67. The normalized spacial score (nSPS) is 26.3. The lowest BCUT2D eigenvalue weighted by atomic mass is 9.79. The molecule has 4 rings (SSSR count). The van der Waals surface area contributed by atoms with Crippen molar-refractivity contribution in [3.05, 3.63) is 58.3 Å². The van der Waals surface area contributed by atoms with Gasteiger partial charge in [0, 0.05) is 16.5 Å². The molecule has 1 aromatic carbocycles.